The third-order valence-corrected chi connectivity index (χ3v) is 4.27. The number of aryl methyl sites for hydroxylation is 1. The summed E-state index contributed by atoms with van der Waals surface area (Å²) in [4.78, 5) is 18.0. The van der Waals surface area contributed by atoms with Gasteiger partial charge in [-0.3, -0.25) is 9.69 Å². The van der Waals surface area contributed by atoms with Crippen molar-refractivity contribution in [2.24, 2.45) is 0 Å². The number of amides is 1. The van der Waals surface area contributed by atoms with Crippen LogP contribution < -0.4 is 5.32 Å². The van der Waals surface area contributed by atoms with Gasteiger partial charge in [0.1, 0.15) is 5.76 Å². The molecule has 2 heterocycles. The molecule has 1 atom stereocenters. The quantitative estimate of drug-likeness (QED) is 0.937. The van der Waals surface area contributed by atoms with Gasteiger partial charge >= 0.3 is 0 Å². The Morgan fingerprint density at radius 2 is 2.21 bits per heavy atom. The highest BCUT2D eigenvalue weighted by Gasteiger charge is 2.23. The maximum atomic E-state index is 13.9. The van der Waals surface area contributed by atoms with E-state index in [1.165, 1.54) is 12.1 Å². The summed E-state index contributed by atoms with van der Waals surface area (Å²) in [5.41, 5.74) is 0.667. The molecule has 3 rings (SSSR count). The van der Waals surface area contributed by atoms with Crippen LogP contribution in [0.2, 0.25) is 0 Å². The van der Waals surface area contributed by atoms with Gasteiger partial charge in [0.15, 0.2) is 11.6 Å². The first kappa shape index (κ1) is 16.6. The lowest BCUT2D eigenvalue weighted by atomic mass is 10.2. The van der Waals surface area contributed by atoms with Crippen molar-refractivity contribution in [2.75, 3.05) is 13.1 Å². The minimum Gasteiger partial charge on any atom is -0.441 e. The molecule has 1 N–H and O–H groups in total. The van der Waals surface area contributed by atoms with Crippen LogP contribution in [0.5, 0.6) is 0 Å². The zero-order valence-electron chi connectivity index (χ0n) is 13.6. The van der Waals surface area contributed by atoms with E-state index in [1.807, 2.05) is 6.92 Å². The van der Waals surface area contributed by atoms with Crippen LogP contribution in [0.25, 0.3) is 11.5 Å². The number of halogens is 2. The van der Waals surface area contributed by atoms with E-state index in [2.05, 4.69) is 15.2 Å². The van der Waals surface area contributed by atoms with Gasteiger partial charge in [-0.2, -0.15) is 0 Å². The fourth-order valence-corrected chi connectivity index (χ4v) is 2.73. The number of aromatic nitrogens is 1. The van der Waals surface area contributed by atoms with Crippen LogP contribution in [0.15, 0.2) is 22.6 Å². The first-order valence-corrected chi connectivity index (χ1v) is 7.87. The molecule has 7 heteroatoms. The average molecular weight is 335 g/mol. The van der Waals surface area contributed by atoms with E-state index in [1.54, 1.807) is 6.92 Å². The lowest BCUT2D eigenvalue weighted by Gasteiger charge is -2.25. The van der Waals surface area contributed by atoms with Crippen LogP contribution >= 0.6 is 0 Å². The van der Waals surface area contributed by atoms with E-state index in [9.17, 15) is 13.6 Å². The largest absolute Gasteiger partial charge is 0.441 e. The molecule has 1 aromatic carbocycles. The maximum absolute atomic E-state index is 13.9. The molecule has 1 unspecified atom stereocenters. The summed E-state index contributed by atoms with van der Waals surface area (Å²) in [6.07, 6.45) is 0.423. The molecular formula is C17H19F2N3O2. The first-order chi connectivity index (χ1) is 11.5. The summed E-state index contributed by atoms with van der Waals surface area (Å²) >= 11 is 0. The molecule has 0 aliphatic carbocycles. The Kier molecular flexibility index (Phi) is 4.62. The predicted octanol–water partition coefficient (Wildman–Crippen LogP) is 2.64. The van der Waals surface area contributed by atoms with Crippen molar-refractivity contribution < 1.29 is 18.0 Å². The molecule has 0 bridgehead atoms. The fraction of sp³-hybridized carbons (Fsp3) is 0.412. The van der Waals surface area contributed by atoms with E-state index < -0.39 is 11.6 Å². The van der Waals surface area contributed by atoms with Crippen molar-refractivity contribution in [1.29, 1.82) is 0 Å². The highest BCUT2D eigenvalue weighted by molar-refractivity contribution is 5.76. The molecule has 1 aliphatic heterocycles. The molecule has 2 aromatic rings. The average Bonchev–Trinajstić information content (AvgIpc) is 2.83. The summed E-state index contributed by atoms with van der Waals surface area (Å²) in [6, 6.07) is 4.06. The second-order valence-corrected chi connectivity index (χ2v) is 6.00. The molecule has 0 radical (unpaired) electrons. The van der Waals surface area contributed by atoms with Crippen LogP contribution in [0.4, 0.5) is 8.78 Å². The fourth-order valence-electron chi connectivity index (χ4n) is 2.73. The smallest absolute Gasteiger partial charge is 0.229 e. The molecule has 0 spiro atoms. The Bertz CT molecular complexity index is 760. The third-order valence-electron chi connectivity index (χ3n) is 4.27. The molecule has 1 saturated heterocycles. The number of oxazole rings is 1. The second-order valence-electron chi connectivity index (χ2n) is 6.00. The molecule has 0 saturated carbocycles. The predicted molar refractivity (Wildman–Crippen MR) is 84.1 cm³/mol. The van der Waals surface area contributed by atoms with Crippen molar-refractivity contribution in [3.05, 3.63) is 41.3 Å². The van der Waals surface area contributed by atoms with Gasteiger partial charge in [0, 0.05) is 32.1 Å². The van der Waals surface area contributed by atoms with Crippen LogP contribution in [0.1, 0.15) is 24.8 Å². The molecule has 128 valence electrons. The van der Waals surface area contributed by atoms with Crippen molar-refractivity contribution in [3.63, 3.8) is 0 Å². The molecule has 1 fully saturated rings. The van der Waals surface area contributed by atoms with Crippen molar-refractivity contribution in [2.45, 2.75) is 32.9 Å². The number of nitrogens with one attached hydrogen (secondary N) is 1. The van der Waals surface area contributed by atoms with Crippen molar-refractivity contribution in [3.8, 4) is 11.5 Å². The minimum atomic E-state index is -0.969. The van der Waals surface area contributed by atoms with Crippen LogP contribution in [-0.4, -0.2) is 34.9 Å². The molecular weight excluding hydrogens is 316 g/mol. The number of carbonyl (C=O) groups is 1. The second kappa shape index (κ2) is 6.68. The van der Waals surface area contributed by atoms with E-state index in [0.29, 0.717) is 37.5 Å². The van der Waals surface area contributed by atoms with Gasteiger partial charge in [0.2, 0.25) is 11.8 Å². The number of nitrogens with zero attached hydrogens (tertiary/aromatic N) is 2. The molecule has 5 nitrogen and oxygen atoms in total. The van der Waals surface area contributed by atoms with Gasteiger partial charge in [-0.1, -0.05) is 6.07 Å². The zero-order valence-corrected chi connectivity index (χ0v) is 13.6. The number of hydrogen-bond acceptors (Lipinski definition) is 4. The Hall–Kier alpha value is -2.28. The van der Waals surface area contributed by atoms with Gasteiger partial charge in [-0.15, -0.1) is 0 Å². The topological polar surface area (TPSA) is 58.4 Å². The van der Waals surface area contributed by atoms with E-state index in [4.69, 9.17) is 4.42 Å². The lowest BCUT2D eigenvalue weighted by Crippen LogP contribution is -2.37. The molecule has 24 heavy (non-hydrogen) atoms. The third kappa shape index (κ3) is 3.31. The highest BCUT2D eigenvalue weighted by atomic mass is 19.2. The lowest BCUT2D eigenvalue weighted by molar-refractivity contribution is -0.120. The van der Waals surface area contributed by atoms with Gasteiger partial charge < -0.3 is 9.73 Å². The summed E-state index contributed by atoms with van der Waals surface area (Å²) < 4.78 is 32.8. The molecule has 1 amide bonds. The van der Waals surface area contributed by atoms with E-state index >= 15 is 0 Å². The monoisotopic (exact) mass is 335 g/mol. The van der Waals surface area contributed by atoms with Crippen LogP contribution in [0.3, 0.4) is 0 Å². The van der Waals surface area contributed by atoms with Crippen molar-refractivity contribution >= 4 is 5.91 Å². The highest BCUT2D eigenvalue weighted by Crippen LogP contribution is 2.26. The minimum absolute atomic E-state index is 0.00473. The Morgan fingerprint density at radius 3 is 3.00 bits per heavy atom. The summed E-state index contributed by atoms with van der Waals surface area (Å²) in [6.45, 7) is 5.44. The zero-order chi connectivity index (χ0) is 17.3. The summed E-state index contributed by atoms with van der Waals surface area (Å²) in [7, 11) is 0. The standard InChI is InChI=1S/C17H19F2N3O2/c1-10-8-20-15(23)6-7-22(10)9-14-11(2)24-17(21-14)12-4-3-5-13(18)16(12)19/h3-5,10H,6-9H2,1-2H3,(H,20,23). The van der Waals surface area contributed by atoms with Crippen molar-refractivity contribution in [1.82, 2.24) is 15.2 Å². The summed E-state index contributed by atoms with van der Waals surface area (Å²) in [5.74, 6) is -1.25. The normalized spacial score (nSPS) is 19.2. The number of hydrogen-bond donors (Lipinski definition) is 1. The van der Waals surface area contributed by atoms with Crippen LogP contribution in [-0.2, 0) is 11.3 Å². The number of rotatable bonds is 3. The Labute approximate surface area is 138 Å². The van der Waals surface area contributed by atoms with Gasteiger partial charge in [-0.05, 0) is 26.0 Å². The Morgan fingerprint density at radius 1 is 1.42 bits per heavy atom. The SMILES string of the molecule is Cc1oc(-c2cccc(F)c2F)nc1CN1CCC(=O)NCC1C. The van der Waals surface area contributed by atoms with Gasteiger partial charge in [0.25, 0.3) is 0 Å². The maximum Gasteiger partial charge on any atom is 0.229 e. The first-order valence-electron chi connectivity index (χ1n) is 7.87. The Balaban J connectivity index is 1.84. The summed E-state index contributed by atoms with van der Waals surface area (Å²) in [5, 5.41) is 2.85. The van der Waals surface area contributed by atoms with E-state index in [-0.39, 0.29) is 23.4 Å². The number of benzene rings is 1. The number of carbonyl (C=O) groups excluding carboxylic acids is 1. The van der Waals surface area contributed by atoms with Crippen LogP contribution in [0, 0.1) is 18.6 Å². The molecule has 1 aliphatic rings. The molecule has 1 aromatic heterocycles. The van der Waals surface area contributed by atoms with Gasteiger partial charge in [0.05, 0.1) is 11.3 Å². The van der Waals surface area contributed by atoms with Gasteiger partial charge in [-0.25, -0.2) is 13.8 Å². The van der Waals surface area contributed by atoms with E-state index in [0.717, 1.165) is 6.07 Å².